The number of hydrogen-bond acceptors (Lipinski definition) is 3. The van der Waals surface area contributed by atoms with Gasteiger partial charge in [-0.1, -0.05) is 0 Å². The number of carbonyl (C=O) groups excluding carboxylic acids is 2. The van der Waals surface area contributed by atoms with E-state index in [0.29, 0.717) is 12.8 Å². The maximum Gasteiger partial charge on any atom is 0.514 e. The Morgan fingerprint density at radius 1 is 1.27 bits per heavy atom. The molecule has 4 nitrogen and oxygen atoms in total. The fourth-order valence-corrected chi connectivity index (χ4v) is 3.41. The number of quaternary nitrogens is 1. The van der Waals surface area contributed by atoms with E-state index in [4.69, 9.17) is 4.74 Å². The number of ketones is 1. The summed E-state index contributed by atoms with van der Waals surface area (Å²) in [6.07, 6.45) is 2.66. The monoisotopic (exact) mass is 212 g/mol. The van der Waals surface area contributed by atoms with Gasteiger partial charge in [-0.3, -0.25) is 4.79 Å². The second-order valence-corrected chi connectivity index (χ2v) is 5.38. The number of nitrogens with one attached hydrogen (secondary N) is 1. The fraction of sp³-hybridized carbons (Fsp3) is 0.818. The molecule has 15 heavy (non-hydrogen) atoms. The van der Waals surface area contributed by atoms with E-state index < -0.39 is 0 Å². The van der Waals surface area contributed by atoms with Crippen LogP contribution < -0.4 is 4.90 Å². The number of carbonyl (C=O) groups is 2. The second-order valence-electron chi connectivity index (χ2n) is 5.38. The third kappa shape index (κ3) is 1.39. The van der Waals surface area contributed by atoms with E-state index in [1.807, 2.05) is 13.8 Å². The Bertz CT molecular complexity index is 306. The van der Waals surface area contributed by atoms with E-state index in [9.17, 15) is 9.59 Å². The SMILES string of the molecule is COC(=O)[NH+]1[C@@]2(C)CC[C@]1(C)CC(=O)C2. The highest BCUT2D eigenvalue weighted by atomic mass is 16.5. The van der Waals surface area contributed by atoms with Gasteiger partial charge in [0.2, 0.25) is 0 Å². The van der Waals surface area contributed by atoms with E-state index >= 15 is 0 Å². The molecule has 84 valence electrons. The lowest BCUT2D eigenvalue weighted by atomic mass is 9.85. The molecule has 3 atom stereocenters. The minimum Gasteiger partial charge on any atom is -0.423 e. The van der Waals surface area contributed by atoms with Gasteiger partial charge in [0, 0.05) is 12.8 Å². The molecular formula is C11H18NO3+. The first kappa shape index (κ1) is 10.6. The topological polar surface area (TPSA) is 47.8 Å². The van der Waals surface area contributed by atoms with Gasteiger partial charge in [0.15, 0.2) is 0 Å². The maximum absolute atomic E-state index is 11.8. The summed E-state index contributed by atoms with van der Waals surface area (Å²) >= 11 is 0. The Hall–Kier alpha value is -0.900. The van der Waals surface area contributed by atoms with E-state index in [1.165, 1.54) is 7.11 Å². The van der Waals surface area contributed by atoms with Crippen molar-refractivity contribution in [1.82, 2.24) is 0 Å². The first-order valence-corrected chi connectivity index (χ1v) is 5.39. The zero-order valence-corrected chi connectivity index (χ0v) is 9.55. The van der Waals surface area contributed by atoms with Crippen LogP contribution in [0.3, 0.4) is 0 Å². The van der Waals surface area contributed by atoms with Crippen LogP contribution in [0.1, 0.15) is 39.5 Å². The summed E-state index contributed by atoms with van der Waals surface area (Å²) in [6, 6.07) is 0. The minimum absolute atomic E-state index is 0.218. The van der Waals surface area contributed by atoms with Crippen molar-refractivity contribution in [3.63, 3.8) is 0 Å². The third-order valence-corrected chi connectivity index (χ3v) is 4.00. The van der Waals surface area contributed by atoms with E-state index in [0.717, 1.165) is 17.7 Å². The number of amides is 1. The van der Waals surface area contributed by atoms with Gasteiger partial charge < -0.3 is 4.74 Å². The van der Waals surface area contributed by atoms with Gasteiger partial charge in [0.1, 0.15) is 16.9 Å². The molecule has 1 amide bonds. The van der Waals surface area contributed by atoms with Crippen LogP contribution in [0.15, 0.2) is 0 Å². The molecule has 0 radical (unpaired) electrons. The average molecular weight is 212 g/mol. The molecule has 0 saturated carbocycles. The number of hydrogen-bond donors (Lipinski definition) is 1. The van der Waals surface area contributed by atoms with Crippen LogP contribution in [-0.4, -0.2) is 30.1 Å². The Morgan fingerprint density at radius 2 is 1.73 bits per heavy atom. The van der Waals surface area contributed by atoms with Crippen molar-refractivity contribution in [1.29, 1.82) is 0 Å². The van der Waals surface area contributed by atoms with Gasteiger partial charge >= 0.3 is 6.09 Å². The molecule has 4 heteroatoms. The van der Waals surface area contributed by atoms with Gasteiger partial charge in [-0.15, -0.1) is 0 Å². The highest BCUT2D eigenvalue weighted by Gasteiger charge is 2.63. The van der Waals surface area contributed by atoms with E-state index in [1.54, 1.807) is 0 Å². The third-order valence-electron chi connectivity index (χ3n) is 4.00. The van der Waals surface area contributed by atoms with E-state index in [-0.39, 0.29) is 23.0 Å². The zero-order chi connectivity index (χ0) is 11.3. The van der Waals surface area contributed by atoms with Gasteiger partial charge in [-0.25, -0.2) is 4.90 Å². The number of rotatable bonds is 0. The van der Waals surface area contributed by atoms with E-state index in [2.05, 4.69) is 0 Å². The van der Waals surface area contributed by atoms with Crippen molar-refractivity contribution < 1.29 is 19.2 Å². The van der Waals surface area contributed by atoms with Gasteiger partial charge in [0.25, 0.3) is 0 Å². The molecule has 0 aliphatic carbocycles. The molecule has 2 heterocycles. The first-order valence-electron chi connectivity index (χ1n) is 5.39. The minimum atomic E-state index is -0.239. The molecule has 2 aliphatic heterocycles. The van der Waals surface area contributed by atoms with Gasteiger partial charge in [-0.2, -0.15) is 4.79 Å². The highest BCUT2D eigenvalue weighted by Crippen LogP contribution is 2.35. The molecule has 2 saturated heterocycles. The molecule has 0 aromatic rings. The van der Waals surface area contributed by atoms with Crippen LogP contribution in [0.2, 0.25) is 0 Å². The standard InChI is InChI=1S/C11H17NO3/c1-10-4-5-11(2,7-8(13)6-10)12(10)9(14)15-3/h4-7H2,1-3H3/p+1/t10-,11+. The Balaban J connectivity index is 2.38. The van der Waals surface area contributed by atoms with Crippen LogP contribution in [0, 0.1) is 0 Å². The maximum atomic E-state index is 11.8. The van der Waals surface area contributed by atoms with Crippen molar-refractivity contribution in [3.05, 3.63) is 0 Å². The number of piperidine rings is 1. The number of methoxy groups -OCH3 is 1. The fourth-order valence-electron chi connectivity index (χ4n) is 3.41. The molecular weight excluding hydrogens is 194 g/mol. The van der Waals surface area contributed by atoms with Crippen molar-refractivity contribution in [2.75, 3.05) is 7.11 Å². The summed E-state index contributed by atoms with van der Waals surface area (Å²) in [7, 11) is 1.41. The predicted octanol–water partition coefficient (Wildman–Crippen LogP) is 0.312. The Labute approximate surface area is 89.6 Å². The summed E-state index contributed by atoms with van der Waals surface area (Å²) in [5.41, 5.74) is -0.478. The van der Waals surface area contributed by atoms with Crippen molar-refractivity contribution >= 4 is 11.9 Å². The molecule has 1 unspecified atom stereocenters. The molecule has 2 fully saturated rings. The van der Waals surface area contributed by atoms with Crippen molar-refractivity contribution in [2.45, 2.75) is 50.6 Å². The molecule has 2 aliphatic rings. The molecule has 1 N–H and O–H groups in total. The lowest BCUT2D eigenvalue weighted by molar-refractivity contribution is -0.915. The summed E-state index contributed by atoms with van der Waals surface area (Å²) in [5.74, 6) is 0.283. The lowest BCUT2D eigenvalue weighted by Gasteiger charge is -2.40. The number of ether oxygens (including phenoxy) is 1. The molecule has 0 aromatic heterocycles. The smallest absolute Gasteiger partial charge is 0.423 e. The molecule has 2 rings (SSSR count). The number of Topliss-reactive ketones (excluding diaryl/α,β-unsaturated/α-hetero) is 1. The van der Waals surface area contributed by atoms with Crippen molar-refractivity contribution in [2.24, 2.45) is 0 Å². The summed E-state index contributed by atoms with van der Waals surface area (Å²) in [4.78, 5) is 24.2. The zero-order valence-electron chi connectivity index (χ0n) is 9.55. The van der Waals surface area contributed by atoms with Crippen LogP contribution >= 0.6 is 0 Å². The quantitative estimate of drug-likeness (QED) is 0.628. The second kappa shape index (κ2) is 3.04. The van der Waals surface area contributed by atoms with Crippen LogP contribution in [-0.2, 0) is 9.53 Å². The summed E-state index contributed by atoms with van der Waals surface area (Å²) < 4.78 is 4.85. The van der Waals surface area contributed by atoms with Crippen molar-refractivity contribution in [3.8, 4) is 0 Å². The summed E-state index contributed by atoms with van der Waals surface area (Å²) in [6.45, 7) is 4.03. The molecule has 0 spiro atoms. The summed E-state index contributed by atoms with van der Waals surface area (Å²) in [5, 5.41) is 0. The molecule has 0 aromatic carbocycles. The largest absolute Gasteiger partial charge is 0.514 e. The lowest BCUT2D eigenvalue weighted by Crippen LogP contribution is -3.27. The average Bonchev–Trinajstić information content (AvgIpc) is 2.29. The highest BCUT2D eigenvalue weighted by molar-refractivity contribution is 5.82. The van der Waals surface area contributed by atoms with Gasteiger partial charge in [0.05, 0.1) is 20.0 Å². The molecule has 2 bridgehead atoms. The van der Waals surface area contributed by atoms with Crippen LogP contribution in [0.5, 0.6) is 0 Å². The Morgan fingerprint density at radius 3 is 2.13 bits per heavy atom. The predicted molar refractivity (Wildman–Crippen MR) is 53.7 cm³/mol. The Kier molecular flexibility index (Phi) is 2.15. The number of fused-ring (bicyclic) bond motifs is 2. The number of alkyl carbamates (subject to hydrolysis) is 2. The van der Waals surface area contributed by atoms with Gasteiger partial charge in [-0.05, 0) is 13.8 Å². The van der Waals surface area contributed by atoms with Crippen LogP contribution in [0.25, 0.3) is 0 Å². The first-order chi connectivity index (χ1) is 6.91. The normalized spacial score (nSPS) is 44.2. The van der Waals surface area contributed by atoms with Crippen LogP contribution in [0.4, 0.5) is 4.79 Å².